The number of β-amino-alcohol motifs (C(OH)–C–C–N with tert-alkyl or cyclic N) is 1. The number of furan rings is 1. The number of aliphatic hydroxyl groups is 1. The van der Waals surface area contributed by atoms with Crippen molar-refractivity contribution in [3.05, 3.63) is 69.8 Å². The minimum Gasteiger partial charge on any atom is -0.449 e. The van der Waals surface area contributed by atoms with Gasteiger partial charge in [-0.25, -0.2) is 4.98 Å². The summed E-state index contributed by atoms with van der Waals surface area (Å²) in [5.41, 5.74) is 1.42. The van der Waals surface area contributed by atoms with E-state index >= 15 is 0 Å². The van der Waals surface area contributed by atoms with E-state index in [1.54, 1.807) is 18.2 Å². The maximum absolute atomic E-state index is 12.9. The van der Waals surface area contributed by atoms with Crippen molar-refractivity contribution in [1.82, 2.24) is 14.9 Å². The predicted molar refractivity (Wildman–Crippen MR) is 122 cm³/mol. The van der Waals surface area contributed by atoms with Crippen molar-refractivity contribution in [3.8, 4) is 0 Å². The zero-order valence-corrected chi connectivity index (χ0v) is 18.2. The highest BCUT2D eigenvalue weighted by atomic mass is 19.4. The van der Waals surface area contributed by atoms with Crippen molar-refractivity contribution in [2.45, 2.75) is 31.7 Å². The SMILES string of the molecule is O=c1[nH]c(CN2CC[C@H](O)C2)nc2c1oc1ccc(NCCc3cccc(C(F)(F)F)c3)cc12. The highest BCUT2D eigenvalue weighted by molar-refractivity contribution is 6.03. The largest absolute Gasteiger partial charge is 0.449 e. The number of nitrogens with zero attached hydrogens (tertiary/aromatic N) is 2. The molecule has 0 amide bonds. The van der Waals surface area contributed by atoms with Crippen molar-refractivity contribution in [2.24, 2.45) is 0 Å². The lowest BCUT2D eigenvalue weighted by Crippen LogP contribution is -2.24. The predicted octanol–water partition coefficient (Wildman–Crippen LogP) is 3.91. The number of aromatic amines is 1. The normalized spacial score (nSPS) is 17.1. The fraction of sp³-hybridized carbons (Fsp3) is 0.333. The molecule has 10 heteroatoms. The van der Waals surface area contributed by atoms with Gasteiger partial charge in [0.25, 0.3) is 5.56 Å². The summed E-state index contributed by atoms with van der Waals surface area (Å²) in [5.74, 6) is 0.497. The van der Waals surface area contributed by atoms with E-state index in [1.165, 1.54) is 6.07 Å². The second-order valence-corrected chi connectivity index (χ2v) is 8.56. The highest BCUT2D eigenvalue weighted by Gasteiger charge is 2.30. The van der Waals surface area contributed by atoms with Crippen molar-refractivity contribution < 1.29 is 22.7 Å². The first-order chi connectivity index (χ1) is 16.3. The number of likely N-dealkylation sites (tertiary alicyclic amines) is 1. The molecule has 1 atom stereocenters. The molecule has 0 unspecified atom stereocenters. The molecule has 178 valence electrons. The number of hydrogen-bond acceptors (Lipinski definition) is 6. The summed E-state index contributed by atoms with van der Waals surface area (Å²) in [6, 6.07) is 10.6. The van der Waals surface area contributed by atoms with E-state index in [0.717, 1.165) is 24.4 Å². The van der Waals surface area contributed by atoms with Gasteiger partial charge in [0.1, 0.15) is 16.9 Å². The van der Waals surface area contributed by atoms with Gasteiger partial charge in [-0.3, -0.25) is 9.69 Å². The van der Waals surface area contributed by atoms with Crippen molar-refractivity contribution >= 4 is 27.8 Å². The third-order valence-electron chi connectivity index (χ3n) is 5.99. The number of H-pyrrole nitrogens is 1. The van der Waals surface area contributed by atoms with Crippen LogP contribution in [0.5, 0.6) is 0 Å². The molecular weight excluding hydrogens is 449 g/mol. The number of fused-ring (bicyclic) bond motifs is 3. The van der Waals surface area contributed by atoms with Crippen LogP contribution in [0.3, 0.4) is 0 Å². The van der Waals surface area contributed by atoms with Crippen LogP contribution in [0, 0.1) is 0 Å². The molecule has 3 heterocycles. The third-order valence-corrected chi connectivity index (χ3v) is 5.99. The van der Waals surface area contributed by atoms with Gasteiger partial charge in [-0.15, -0.1) is 0 Å². The van der Waals surface area contributed by atoms with Crippen LogP contribution >= 0.6 is 0 Å². The molecule has 3 N–H and O–H groups in total. The van der Waals surface area contributed by atoms with Gasteiger partial charge >= 0.3 is 6.18 Å². The average molecular weight is 472 g/mol. The summed E-state index contributed by atoms with van der Waals surface area (Å²) in [4.78, 5) is 22.0. The van der Waals surface area contributed by atoms with Crippen LogP contribution in [-0.2, 0) is 19.1 Å². The van der Waals surface area contributed by atoms with Gasteiger partial charge in [-0.05, 0) is 42.7 Å². The Balaban J connectivity index is 1.35. The quantitative estimate of drug-likeness (QED) is 0.394. The van der Waals surface area contributed by atoms with E-state index in [1.807, 2.05) is 11.0 Å². The Morgan fingerprint density at radius 2 is 2.09 bits per heavy atom. The number of aliphatic hydroxyl groups excluding tert-OH is 1. The minimum absolute atomic E-state index is 0.140. The number of anilines is 1. The van der Waals surface area contributed by atoms with Gasteiger partial charge in [-0.2, -0.15) is 13.2 Å². The van der Waals surface area contributed by atoms with Crippen molar-refractivity contribution in [3.63, 3.8) is 0 Å². The number of alkyl halides is 3. The maximum Gasteiger partial charge on any atom is 0.416 e. The molecule has 34 heavy (non-hydrogen) atoms. The number of benzene rings is 2. The Morgan fingerprint density at radius 3 is 2.85 bits per heavy atom. The van der Waals surface area contributed by atoms with Gasteiger partial charge in [0.05, 0.1) is 18.2 Å². The number of nitrogens with one attached hydrogen (secondary N) is 2. The summed E-state index contributed by atoms with van der Waals surface area (Å²) >= 11 is 0. The van der Waals surface area contributed by atoms with Crippen molar-refractivity contribution in [1.29, 1.82) is 0 Å². The van der Waals surface area contributed by atoms with E-state index in [0.29, 0.717) is 60.3 Å². The number of rotatable bonds is 6. The van der Waals surface area contributed by atoms with Gasteiger partial charge in [0, 0.05) is 30.7 Å². The van der Waals surface area contributed by atoms with Gasteiger partial charge in [0.2, 0.25) is 5.58 Å². The van der Waals surface area contributed by atoms with E-state index < -0.39 is 11.7 Å². The molecule has 1 aliphatic heterocycles. The summed E-state index contributed by atoms with van der Waals surface area (Å²) in [6.07, 6.45) is -3.63. The molecule has 1 fully saturated rings. The van der Waals surface area contributed by atoms with E-state index in [4.69, 9.17) is 4.42 Å². The molecule has 1 saturated heterocycles. The second kappa shape index (κ2) is 8.77. The molecule has 1 aliphatic rings. The molecule has 0 bridgehead atoms. The van der Waals surface area contributed by atoms with Crippen LogP contribution in [0.2, 0.25) is 0 Å². The molecule has 2 aromatic carbocycles. The van der Waals surface area contributed by atoms with Gasteiger partial charge < -0.3 is 19.8 Å². The Hall–Kier alpha value is -3.37. The summed E-state index contributed by atoms with van der Waals surface area (Å²) in [5, 5.41) is 13.6. The first-order valence-corrected chi connectivity index (χ1v) is 11.0. The third kappa shape index (κ3) is 4.64. The second-order valence-electron chi connectivity index (χ2n) is 8.56. The van der Waals surface area contributed by atoms with Crippen LogP contribution in [0.15, 0.2) is 51.7 Å². The smallest absolute Gasteiger partial charge is 0.416 e. The molecule has 0 aliphatic carbocycles. The van der Waals surface area contributed by atoms with Crippen molar-refractivity contribution in [2.75, 3.05) is 25.0 Å². The molecule has 2 aromatic heterocycles. The zero-order valence-electron chi connectivity index (χ0n) is 18.2. The molecule has 0 saturated carbocycles. The Morgan fingerprint density at radius 1 is 1.24 bits per heavy atom. The first kappa shape index (κ1) is 22.4. The number of halogens is 3. The van der Waals surface area contributed by atoms with Crippen LogP contribution in [-0.4, -0.2) is 45.7 Å². The molecule has 4 aromatic rings. The lowest BCUT2D eigenvalue weighted by atomic mass is 10.1. The maximum atomic E-state index is 12.9. The Kier molecular flexibility index (Phi) is 5.78. The molecule has 5 rings (SSSR count). The lowest BCUT2D eigenvalue weighted by Gasteiger charge is -2.13. The highest BCUT2D eigenvalue weighted by Crippen LogP contribution is 2.30. The summed E-state index contributed by atoms with van der Waals surface area (Å²) in [6.45, 7) is 2.12. The molecule has 7 nitrogen and oxygen atoms in total. The van der Waals surface area contributed by atoms with Crippen LogP contribution in [0.25, 0.3) is 22.1 Å². The fourth-order valence-corrected chi connectivity index (χ4v) is 4.31. The fourth-order valence-electron chi connectivity index (χ4n) is 4.31. The number of hydrogen-bond donors (Lipinski definition) is 3. The molecule has 0 radical (unpaired) electrons. The van der Waals surface area contributed by atoms with Crippen LogP contribution in [0.1, 0.15) is 23.4 Å². The zero-order chi connectivity index (χ0) is 23.9. The van der Waals surface area contributed by atoms with E-state index in [2.05, 4.69) is 15.3 Å². The van der Waals surface area contributed by atoms with Gasteiger partial charge in [0.15, 0.2) is 0 Å². The average Bonchev–Trinajstić information content (AvgIpc) is 3.37. The standard InChI is InChI=1S/C24H23F3N4O3/c25-24(26,27)15-3-1-2-14(10-15)6-8-28-16-4-5-19-18(11-16)21-22(34-19)23(33)30-20(29-21)13-31-9-7-17(32)12-31/h1-5,10-11,17,28,32H,6-9,12-13H2,(H,29,30,33)/t17-/m0/s1. The van der Waals surface area contributed by atoms with Crippen LogP contribution < -0.4 is 10.9 Å². The minimum atomic E-state index is -4.37. The topological polar surface area (TPSA) is 94.4 Å². The Labute approximate surface area is 192 Å². The Bertz CT molecular complexity index is 1400. The lowest BCUT2D eigenvalue weighted by molar-refractivity contribution is -0.137. The summed E-state index contributed by atoms with van der Waals surface area (Å²) < 4.78 is 44.5. The first-order valence-electron chi connectivity index (χ1n) is 11.0. The van der Waals surface area contributed by atoms with Crippen LogP contribution in [0.4, 0.5) is 18.9 Å². The molecular formula is C24H23F3N4O3. The van der Waals surface area contributed by atoms with E-state index in [-0.39, 0.29) is 17.2 Å². The monoisotopic (exact) mass is 472 g/mol. The number of aromatic nitrogens is 2. The van der Waals surface area contributed by atoms with E-state index in [9.17, 15) is 23.1 Å². The molecule has 0 spiro atoms. The van der Waals surface area contributed by atoms with Gasteiger partial charge in [-0.1, -0.05) is 18.2 Å². The summed E-state index contributed by atoms with van der Waals surface area (Å²) in [7, 11) is 0.